The van der Waals surface area contributed by atoms with E-state index in [0.29, 0.717) is 11.6 Å². The maximum atomic E-state index is 6.23. The summed E-state index contributed by atoms with van der Waals surface area (Å²) in [6, 6.07) is 22.0. The zero-order valence-electron chi connectivity index (χ0n) is 14.9. The third-order valence-corrected chi connectivity index (χ3v) is 5.56. The number of pyridine rings is 1. The SMILES string of the molecule is Cc1ccc(/C=C\c2ccc3cccc(OCc4ccccc4Cl)c3n2)s1. The van der Waals surface area contributed by atoms with Gasteiger partial charge >= 0.3 is 0 Å². The van der Waals surface area contributed by atoms with Crippen LogP contribution in [0, 0.1) is 6.92 Å². The van der Waals surface area contributed by atoms with Crippen molar-refractivity contribution in [3.8, 4) is 5.75 Å². The molecule has 0 aliphatic rings. The van der Waals surface area contributed by atoms with Gasteiger partial charge in [-0.1, -0.05) is 48.0 Å². The van der Waals surface area contributed by atoms with Crippen molar-refractivity contribution >= 4 is 46.0 Å². The molecule has 0 aliphatic carbocycles. The van der Waals surface area contributed by atoms with Crippen molar-refractivity contribution in [1.29, 1.82) is 0 Å². The number of fused-ring (bicyclic) bond motifs is 1. The van der Waals surface area contributed by atoms with E-state index < -0.39 is 0 Å². The van der Waals surface area contributed by atoms with E-state index in [1.165, 1.54) is 9.75 Å². The summed E-state index contributed by atoms with van der Waals surface area (Å²) in [5, 5.41) is 1.76. The summed E-state index contributed by atoms with van der Waals surface area (Å²) in [6.45, 7) is 2.52. The first kappa shape index (κ1) is 17.8. The minimum Gasteiger partial charge on any atom is -0.487 e. The van der Waals surface area contributed by atoms with E-state index >= 15 is 0 Å². The molecule has 27 heavy (non-hydrogen) atoms. The molecule has 0 unspecified atom stereocenters. The first-order valence-corrected chi connectivity index (χ1v) is 9.89. The average molecular weight is 392 g/mol. The Bertz CT molecular complexity index is 1120. The zero-order valence-corrected chi connectivity index (χ0v) is 16.4. The largest absolute Gasteiger partial charge is 0.487 e. The van der Waals surface area contributed by atoms with E-state index in [1.54, 1.807) is 11.3 Å². The van der Waals surface area contributed by atoms with Crippen LogP contribution in [0.25, 0.3) is 23.1 Å². The van der Waals surface area contributed by atoms with Gasteiger partial charge in [0.25, 0.3) is 0 Å². The van der Waals surface area contributed by atoms with Gasteiger partial charge in [0.15, 0.2) is 0 Å². The van der Waals surface area contributed by atoms with Crippen LogP contribution in [0.4, 0.5) is 0 Å². The number of aromatic nitrogens is 1. The highest BCUT2D eigenvalue weighted by atomic mass is 35.5. The molecular weight excluding hydrogens is 374 g/mol. The third-order valence-electron chi connectivity index (χ3n) is 4.23. The number of hydrogen-bond acceptors (Lipinski definition) is 3. The Labute approximate surface area is 167 Å². The molecule has 0 atom stereocenters. The first-order valence-electron chi connectivity index (χ1n) is 8.69. The number of hydrogen-bond donors (Lipinski definition) is 0. The van der Waals surface area contributed by atoms with E-state index in [0.717, 1.165) is 27.9 Å². The summed E-state index contributed by atoms with van der Waals surface area (Å²) in [7, 11) is 0. The van der Waals surface area contributed by atoms with E-state index in [9.17, 15) is 0 Å². The Hall–Kier alpha value is -2.62. The standard InChI is InChI=1S/C23H18ClNOS/c1-16-9-13-20(27-16)14-12-19-11-10-17-6-4-8-22(23(17)25-19)26-15-18-5-2-3-7-21(18)24/h2-14H,15H2,1H3/b14-12-. The third kappa shape index (κ3) is 4.21. The van der Waals surface area contributed by atoms with Crippen molar-refractivity contribution in [2.75, 3.05) is 0 Å². The van der Waals surface area contributed by atoms with Crippen molar-refractivity contribution in [2.45, 2.75) is 13.5 Å². The van der Waals surface area contributed by atoms with Gasteiger partial charge in [-0.3, -0.25) is 0 Å². The second-order valence-electron chi connectivity index (χ2n) is 6.23. The van der Waals surface area contributed by atoms with Gasteiger partial charge in [-0.2, -0.15) is 0 Å². The number of nitrogens with zero attached hydrogens (tertiary/aromatic N) is 1. The highest BCUT2D eigenvalue weighted by molar-refractivity contribution is 7.12. The maximum Gasteiger partial charge on any atom is 0.146 e. The summed E-state index contributed by atoms with van der Waals surface area (Å²) >= 11 is 8.00. The second kappa shape index (κ2) is 7.95. The fourth-order valence-corrected chi connectivity index (χ4v) is 3.80. The molecule has 4 aromatic rings. The van der Waals surface area contributed by atoms with E-state index in [1.807, 2.05) is 54.6 Å². The Balaban J connectivity index is 1.61. The summed E-state index contributed by atoms with van der Waals surface area (Å²) in [6.07, 6.45) is 4.13. The van der Waals surface area contributed by atoms with Crippen LogP contribution in [0.1, 0.15) is 21.0 Å². The lowest BCUT2D eigenvalue weighted by molar-refractivity contribution is 0.309. The summed E-state index contributed by atoms with van der Waals surface area (Å²) in [5.74, 6) is 0.759. The quantitative estimate of drug-likeness (QED) is 0.365. The first-order chi connectivity index (χ1) is 13.2. The average Bonchev–Trinajstić information content (AvgIpc) is 3.11. The molecule has 0 amide bonds. The fraction of sp³-hybridized carbons (Fsp3) is 0.0870. The Kier molecular flexibility index (Phi) is 5.23. The second-order valence-corrected chi connectivity index (χ2v) is 7.95. The van der Waals surface area contributed by atoms with Crippen molar-refractivity contribution in [3.05, 3.63) is 92.8 Å². The molecule has 134 valence electrons. The molecule has 0 spiro atoms. The Morgan fingerprint density at radius 1 is 0.963 bits per heavy atom. The van der Waals surface area contributed by atoms with Crippen molar-refractivity contribution < 1.29 is 4.74 Å². The van der Waals surface area contributed by atoms with Gasteiger partial charge in [-0.25, -0.2) is 4.98 Å². The highest BCUT2D eigenvalue weighted by Gasteiger charge is 2.06. The Morgan fingerprint density at radius 3 is 2.67 bits per heavy atom. The number of thiophene rings is 1. The lowest BCUT2D eigenvalue weighted by Gasteiger charge is -2.10. The minimum atomic E-state index is 0.412. The zero-order chi connectivity index (χ0) is 18.6. The number of para-hydroxylation sites is 1. The van der Waals surface area contributed by atoms with Gasteiger partial charge in [-0.15, -0.1) is 11.3 Å². The number of ether oxygens (including phenoxy) is 1. The molecule has 2 heterocycles. The fourth-order valence-electron chi connectivity index (χ4n) is 2.83. The molecule has 4 rings (SSSR count). The number of benzene rings is 2. The van der Waals surface area contributed by atoms with Crippen LogP contribution >= 0.6 is 22.9 Å². The van der Waals surface area contributed by atoms with Crippen LogP contribution in [-0.4, -0.2) is 4.98 Å². The van der Waals surface area contributed by atoms with Gasteiger partial charge in [0.2, 0.25) is 0 Å². The molecular formula is C23H18ClNOS. The lowest BCUT2D eigenvalue weighted by atomic mass is 10.2. The monoisotopic (exact) mass is 391 g/mol. The predicted octanol–water partition coefficient (Wildman–Crippen LogP) is 7.01. The summed E-state index contributed by atoms with van der Waals surface area (Å²) < 4.78 is 6.04. The molecule has 2 aromatic carbocycles. The number of halogens is 1. The van der Waals surface area contributed by atoms with Crippen LogP contribution in [0.15, 0.2) is 66.7 Å². The molecule has 2 nitrogen and oxygen atoms in total. The van der Waals surface area contributed by atoms with Crippen LogP contribution in [0.5, 0.6) is 5.75 Å². The van der Waals surface area contributed by atoms with Crippen molar-refractivity contribution in [3.63, 3.8) is 0 Å². The molecule has 2 aromatic heterocycles. The Morgan fingerprint density at radius 2 is 1.85 bits per heavy atom. The summed E-state index contributed by atoms with van der Waals surface area (Å²) in [5.41, 5.74) is 2.72. The normalized spacial score (nSPS) is 11.3. The van der Waals surface area contributed by atoms with Gasteiger partial charge in [0.05, 0.1) is 5.69 Å². The van der Waals surface area contributed by atoms with Crippen molar-refractivity contribution in [1.82, 2.24) is 4.98 Å². The summed E-state index contributed by atoms with van der Waals surface area (Å²) in [4.78, 5) is 7.31. The molecule has 0 N–H and O–H groups in total. The van der Waals surface area contributed by atoms with Gasteiger partial charge in [-0.05, 0) is 49.4 Å². The van der Waals surface area contributed by atoms with Gasteiger partial charge in [0, 0.05) is 25.7 Å². The van der Waals surface area contributed by atoms with Crippen LogP contribution in [-0.2, 0) is 6.61 Å². The van der Waals surface area contributed by atoms with Gasteiger partial charge in [0.1, 0.15) is 17.9 Å². The topological polar surface area (TPSA) is 22.1 Å². The van der Waals surface area contributed by atoms with Crippen molar-refractivity contribution in [2.24, 2.45) is 0 Å². The molecule has 0 fully saturated rings. The molecule has 0 saturated heterocycles. The highest BCUT2D eigenvalue weighted by Crippen LogP contribution is 2.27. The lowest BCUT2D eigenvalue weighted by Crippen LogP contribution is -1.97. The molecule has 4 heteroatoms. The van der Waals surface area contributed by atoms with E-state index in [2.05, 4.69) is 31.2 Å². The molecule has 0 saturated carbocycles. The van der Waals surface area contributed by atoms with Crippen LogP contribution < -0.4 is 4.74 Å². The minimum absolute atomic E-state index is 0.412. The van der Waals surface area contributed by atoms with Crippen LogP contribution in [0.2, 0.25) is 5.02 Å². The van der Waals surface area contributed by atoms with E-state index in [-0.39, 0.29) is 0 Å². The number of aryl methyl sites for hydroxylation is 1. The molecule has 0 radical (unpaired) electrons. The molecule has 0 aliphatic heterocycles. The number of rotatable bonds is 5. The van der Waals surface area contributed by atoms with E-state index in [4.69, 9.17) is 21.3 Å². The van der Waals surface area contributed by atoms with Crippen LogP contribution in [0.3, 0.4) is 0 Å². The predicted molar refractivity (Wildman–Crippen MR) is 116 cm³/mol. The van der Waals surface area contributed by atoms with Gasteiger partial charge < -0.3 is 4.74 Å². The molecule has 0 bridgehead atoms. The maximum absolute atomic E-state index is 6.23. The smallest absolute Gasteiger partial charge is 0.146 e.